The number of hydrogen-bond acceptors (Lipinski definition) is 5. The molecule has 0 fully saturated rings. The molecule has 2 unspecified atom stereocenters. The molecule has 3 aromatic carbocycles. The van der Waals surface area contributed by atoms with Crippen molar-refractivity contribution >= 4 is 23.4 Å². The molecule has 7 heteroatoms. The second kappa shape index (κ2) is 11.4. The van der Waals surface area contributed by atoms with Crippen molar-refractivity contribution in [2.75, 3.05) is 0 Å². The summed E-state index contributed by atoms with van der Waals surface area (Å²) in [6.45, 7) is 1.41. The molecule has 0 spiro atoms. The second-order valence-corrected chi connectivity index (χ2v) is 9.85. The van der Waals surface area contributed by atoms with Crippen LogP contribution < -0.4 is 10.6 Å². The Balaban J connectivity index is 1.34. The zero-order valence-electron chi connectivity index (χ0n) is 20.1. The average molecular weight is 510 g/mol. The Morgan fingerprint density at radius 1 is 0.892 bits per heavy atom. The molecule has 2 heterocycles. The minimum absolute atomic E-state index is 0.149. The molecule has 37 heavy (non-hydrogen) atoms. The van der Waals surface area contributed by atoms with Crippen molar-refractivity contribution < 1.29 is 13.6 Å². The zero-order valence-corrected chi connectivity index (χ0v) is 20.9. The van der Waals surface area contributed by atoms with E-state index in [-0.39, 0.29) is 5.75 Å². The molecule has 5 rings (SSSR count). The lowest BCUT2D eigenvalue weighted by Gasteiger charge is -2.21. The van der Waals surface area contributed by atoms with Crippen molar-refractivity contribution in [1.82, 2.24) is 15.6 Å². The highest BCUT2D eigenvalue weighted by atomic mass is 32.2. The van der Waals surface area contributed by atoms with Gasteiger partial charge in [0.05, 0.1) is 17.1 Å². The number of pyridine rings is 1. The van der Waals surface area contributed by atoms with Crippen LogP contribution in [0.5, 0.6) is 0 Å². The van der Waals surface area contributed by atoms with E-state index < -0.39 is 17.1 Å². The first-order chi connectivity index (χ1) is 18.1. The van der Waals surface area contributed by atoms with E-state index in [1.165, 1.54) is 0 Å². The first kappa shape index (κ1) is 24.8. The lowest BCUT2D eigenvalue weighted by Crippen LogP contribution is -2.21. The molecular weight excluding hydrogens is 482 g/mol. The number of carbonyl (C=O) groups excluding carboxylic acids is 1. The van der Waals surface area contributed by atoms with Crippen molar-refractivity contribution in [2.45, 2.75) is 24.9 Å². The number of rotatable bonds is 9. The number of nitrogens with zero attached hydrogens (tertiary/aromatic N) is 1. The Morgan fingerprint density at radius 2 is 1.54 bits per heavy atom. The van der Waals surface area contributed by atoms with Gasteiger partial charge in [-0.15, -0.1) is 0 Å². The van der Waals surface area contributed by atoms with Crippen LogP contribution in [0.25, 0.3) is 28.5 Å². The number of aldehydes is 1. The molecule has 6 nitrogen and oxygen atoms in total. The lowest BCUT2D eigenvalue weighted by atomic mass is 9.93. The van der Waals surface area contributed by atoms with E-state index in [9.17, 15) is 9.00 Å². The SMILES string of the molecule is O=CC1NC=Cc2nc(-c3ccc(CNCc4ccc(CS(=O)O)cc4)cc3)c(-c3ccccc3)cc21. The standard InChI is InChI=1S/C30H27N3O3S/c34-19-29-27-16-26(24-4-2-1-3-5-24)30(33-28(27)14-15-32-29)25-12-10-22(11-13-25)18-31-17-21-6-8-23(9-7-21)20-37(35)36/h1-16,19,29,31-32H,17-18,20H2,(H,35,36). The van der Waals surface area contributed by atoms with Gasteiger partial charge < -0.3 is 20.0 Å². The zero-order chi connectivity index (χ0) is 25.6. The molecule has 0 amide bonds. The number of hydrogen-bond donors (Lipinski definition) is 3. The predicted octanol–water partition coefficient (Wildman–Crippen LogP) is 5.24. The Morgan fingerprint density at radius 3 is 2.19 bits per heavy atom. The van der Waals surface area contributed by atoms with E-state index in [0.717, 1.165) is 56.6 Å². The van der Waals surface area contributed by atoms with E-state index >= 15 is 0 Å². The average Bonchev–Trinajstić information content (AvgIpc) is 2.93. The molecule has 186 valence electrons. The summed E-state index contributed by atoms with van der Waals surface area (Å²) in [7, 11) is 0. The van der Waals surface area contributed by atoms with Crippen molar-refractivity contribution in [2.24, 2.45) is 0 Å². The molecular formula is C30H27N3O3S. The molecule has 1 aliphatic heterocycles. The lowest BCUT2D eigenvalue weighted by molar-refractivity contribution is -0.109. The minimum Gasteiger partial charge on any atom is -0.378 e. The molecule has 2 atom stereocenters. The van der Waals surface area contributed by atoms with Gasteiger partial charge in [0.1, 0.15) is 12.3 Å². The molecule has 0 bridgehead atoms. The first-order valence-electron chi connectivity index (χ1n) is 12.0. The van der Waals surface area contributed by atoms with Crippen LogP contribution in [-0.4, -0.2) is 20.0 Å². The summed E-state index contributed by atoms with van der Waals surface area (Å²) in [5, 5.41) is 6.55. The number of carbonyl (C=O) groups is 1. The normalized spacial score (nSPS) is 15.0. The summed E-state index contributed by atoms with van der Waals surface area (Å²) in [5.74, 6) is 0.149. The van der Waals surface area contributed by atoms with Crippen LogP contribution in [0.3, 0.4) is 0 Å². The van der Waals surface area contributed by atoms with E-state index in [1.54, 1.807) is 6.20 Å². The summed E-state index contributed by atoms with van der Waals surface area (Å²) < 4.78 is 20.0. The highest BCUT2D eigenvalue weighted by Crippen LogP contribution is 2.35. The fourth-order valence-electron chi connectivity index (χ4n) is 4.44. The van der Waals surface area contributed by atoms with Gasteiger partial charge in [0.15, 0.2) is 11.1 Å². The largest absolute Gasteiger partial charge is 0.378 e. The maximum absolute atomic E-state index is 11.6. The third kappa shape index (κ3) is 5.91. The van der Waals surface area contributed by atoms with Crippen LogP contribution in [0.2, 0.25) is 0 Å². The van der Waals surface area contributed by atoms with Crippen LogP contribution in [-0.2, 0) is 34.7 Å². The van der Waals surface area contributed by atoms with E-state index in [1.807, 2.05) is 48.5 Å². The van der Waals surface area contributed by atoms with E-state index in [4.69, 9.17) is 9.54 Å². The fraction of sp³-hybridized carbons (Fsp3) is 0.133. The monoisotopic (exact) mass is 509 g/mol. The number of nitrogens with one attached hydrogen (secondary N) is 2. The van der Waals surface area contributed by atoms with Crippen LogP contribution in [0.4, 0.5) is 0 Å². The van der Waals surface area contributed by atoms with Crippen LogP contribution in [0.15, 0.2) is 91.1 Å². The smallest absolute Gasteiger partial charge is 0.157 e. The van der Waals surface area contributed by atoms with Gasteiger partial charge in [-0.2, -0.15) is 0 Å². The number of benzene rings is 3. The van der Waals surface area contributed by atoms with Crippen molar-refractivity contribution in [3.8, 4) is 22.4 Å². The second-order valence-electron chi connectivity index (χ2n) is 8.92. The number of aromatic nitrogens is 1. The summed E-state index contributed by atoms with van der Waals surface area (Å²) in [6.07, 6.45) is 4.59. The molecule has 0 saturated carbocycles. The maximum atomic E-state index is 11.6. The Hall–Kier alpha value is -3.91. The number of fused-ring (bicyclic) bond motifs is 1. The summed E-state index contributed by atoms with van der Waals surface area (Å²) in [4.78, 5) is 16.6. The van der Waals surface area contributed by atoms with Gasteiger partial charge in [-0.05, 0) is 40.6 Å². The van der Waals surface area contributed by atoms with Gasteiger partial charge in [0.25, 0.3) is 0 Å². The molecule has 0 radical (unpaired) electrons. The quantitative estimate of drug-likeness (QED) is 0.211. The Labute approximate surface area is 218 Å². The molecule has 1 aliphatic rings. The molecule has 1 aromatic heterocycles. The topological polar surface area (TPSA) is 91.3 Å². The first-order valence-corrected chi connectivity index (χ1v) is 13.3. The van der Waals surface area contributed by atoms with Gasteiger partial charge in [0.2, 0.25) is 0 Å². The van der Waals surface area contributed by atoms with Gasteiger partial charge in [-0.3, -0.25) is 0 Å². The molecule has 4 aromatic rings. The van der Waals surface area contributed by atoms with Crippen LogP contribution >= 0.6 is 0 Å². The van der Waals surface area contributed by atoms with Crippen molar-refractivity contribution in [3.63, 3.8) is 0 Å². The van der Waals surface area contributed by atoms with Gasteiger partial charge in [-0.25, -0.2) is 9.19 Å². The Bertz CT molecular complexity index is 1440. The summed E-state index contributed by atoms with van der Waals surface area (Å²) in [6, 6.07) is 27.9. The van der Waals surface area contributed by atoms with E-state index in [0.29, 0.717) is 13.1 Å². The third-order valence-corrected chi connectivity index (χ3v) is 6.93. The van der Waals surface area contributed by atoms with Gasteiger partial charge in [-0.1, -0.05) is 78.9 Å². The van der Waals surface area contributed by atoms with Crippen LogP contribution in [0, 0.1) is 0 Å². The van der Waals surface area contributed by atoms with Crippen molar-refractivity contribution in [1.29, 1.82) is 0 Å². The predicted molar refractivity (Wildman–Crippen MR) is 148 cm³/mol. The van der Waals surface area contributed by atoms with Gasteiger partial charge in [0, 0.05) is 29.8 Å². The minimum atomic E-state index is -1.83. The highest BCUT2D eigenvalue weighted by Gasteiger charge is 2.21. The fourth-order valence-corrected chi connectivity index (χ4v) is 4.92. The Kier molecular flexibility index (Phi) is 7.65. The van der Waals surface area contributed by atoms with Crippen LogP contribution in [0.1, 0.15) is 34.0 Å². The third-order valence-electron chi connectivity index (χ3n) is 6.35. The summed E-state index contributed by atoms with van der Waals surface area (Å²) >= 11 is -1.83. The van der Waals surface area contributed by atoms with E-state index in [2.05, 4.69) is 53.1 Å². The molecule has 3 N–H and O–H groups in total. The van der Waals surface area contributed by atoms with Gasteiger partial charge >= 0.3 is 0 Å². The molecule has 0 saturated heterocycles. The summed E-state index contributed by atoms with van der Waals surface area (Å²) in [5.41, 5.74) is 8.72. The van der Waals surface area contributed by atoms with Crippen molar-refractivity contribution in [3.05, 3.63) is 119 Å². The highest BCUT2D eigenvalue weighted by molar-refractivity contribution is 7.78. The maximum Gasteiger partial charge on any atom is 0.157 e. The molecule has 0 aliphatic carbocycles.